The lowest BCUT2D eigenvalue weighted by Gasteiger charge is -1.98. The summed E-state index contributed by atoms with van der Waals surface area (Å²) in [5.74, 6) is -0.303. The van der Waals surface area contributed by atoms with Gasteiger partial charge in [0.1, 0.15) is 5.82 Å². The van der Waals surface area contributed by atoms with E-state index in [4.69, 9.17) is 0 Å². The predicted molar refractivity (Wildman–Crippen MR) is 52.4 cm³/mol. The van der Waals surface area contributed by atoms with Crippen molar-refractivity contribution >= 4 is 9.84 Å². The molecule has 0 N–H and O–H groups in total. The van der Waals surface area contributed by atoms with Crippen molar-refractivity contribution in [2.45, 2.75) is 17.6 Å². The van der Waals surface area contributed by atoms with Gasteiger partial charge in [0.05, 0.1) is 5.25 Å². The van der Waals surface area contributed by atoms with E-state index in [1.807, 2.05) is 0 Å². The predicted octanol–water partition coefficient (Wildman–Crippen LogP) is 1.73. The molecule has 0 radical (unpaired) electrons. The van der Waals surface area contributed by atoms with Crippen LogP contribution in [0.25, 0.3) is 0 Å². The van der Waals surface area contributed by atoms with E-state index in [1.165, 1.54) is 18.4 Å². The SMILES string of the molecule is CS(=O)(=O)C1CC1c1cccc(F)c1. The molecule has 0 aromatic heterocycles. The zero-order valence-corrected chi connectivity index (χ0v) is 8.59. The van der Waals surface area contributed by atoms with Crippen LogP contribution in [0.5, 0.6) is 0 Å². The molecule has 0 spiro atoms. The average molecular weight is 214 g/mol. The van der Waals surface area contributed by atoms with Gasteiger partial charge in [0.15, 0.2) is 9.84 Å². The lowest BCUT2D eigenvalue weighted by Crippen LogP contribution is -2.05. The highest BCUT2D eigenvalue weighted by atomic mass is 32.2. The van der Waals surface area contributed by atoms with Crippen LogP contribution >= 0.6 is 0 Å². The normalized spacial score (nSPS) is 26.1. The summed E-state index contributed by atoms with van der Waals surface area (Å²) in [6.07, 6.45) is 1.86. The van der Waals surface area contributed by atoms with Crippen molar-refractivity contribution in [3.63, 3.8) is 0 Å². The summed E-state index contributed by atoms with van der Waals surface area (Å²) in [6, 6.07) is 6.17. The van der Waals surface area contributed by atoms with E-state index in [0.29, 0.717) is 6.42 Å². The van der Waals surface area contributed by atoms with Gasteiger partial charge in [-0.3, -0.25) is 0 Å². The number of hydrogen-bond acceptors (Lipinski definition) is 2. The quantitative estimate of drug-likeness (QED) is 0.751. The van der Waals surface area contributed by atoms with Gasteiger partial charge >= 0.3 is 0 Å². The second-order valence-corrected chi connectivity index (χ2v) is 6.03. The van der Waals surface area contributed by atoms with Gasteiger partial charge < -0.3 is 0 Å². The number of rotatable bonds is 2. The van der Waals surface area contributed by atoms with Gasteiger partial charge in [-0.2, -0.15) is 0 Å². The molecule has 0 amide bonds. The molecule has 1 aliphatic carbocycles. The second kappa shape index (κ2) is 3.05. The van der Waals surface area contributed by atoms with Gasteiger partial charge in [0, 0.05) is 12.2 Å². The number of hydrogen-bond donors (Lipinski definition) is 0. The fraction of sp³-hybridized carbons (Fsp3) is 0.400. The van der Waals surface area contributed by atoms with E-state index in [9.17, 15) is 12.8 Å². The molecule has 1 fully saturated rings. The average Bonchev–Trinajstić information content (AvgIpc) is 2.81. The van der Waals surface area contributed by atoms with E-state index in [1.54, 1.807) is 12.1 Å². The van der Waals surface area contributed by atoms with Crippen LogP contribution in [0.15, 0.2) is 24.3 Å². The van der Waals surface area contributed by atoms with Gasteiger partial charge in [0.25, 0.3) is 0 Å². The molecule has 1 saturated carbocycles. The molecule has 2 rings (SSSR count). The third-order valence-electron chi connectivity index (χ3n) is 2.56. The summed E-state index contributed by atoms with van der Waals surface area (Å²) in [4.78, 5) is 0. The van der Waals surface area contributed by atoms with E-state index in [0.717, 1.165) is 5.56 Å². The third kappa shape index (κ3) is 1.80. The highest BCUT2D eigenvalue weighted by molar-refractivity contribution is 7.91. The van der Waals surface area contributed by atoms with E-state index in [-0.39, 0.29) is 17.0 Å². The zero-order chi connectivity index (χ0) is 10.3. The molecule has 2 nitrogen and oxygen atoms in total. The Morgan fingerprint density at radius 1 is 1.43 bits per heavy atom. The first-order chi connectivity index (χ1) is 6.48. The fourth-order valence-corrected chi connectivity index (χ4v) is 3.04. The Kier molecular flexibility index (Phi) is 2.10. The van der Waals surface area contributed by atoms with Crippen LogP contribution in [0.2, 0.25) is 0 Å². The second-order valence-electron chi connectivity index (χ2n) is 3.77. The van der Waals surface area contributed by atoms with Crippen LogP contribution in [0, 0.1) is 5.82 Å². The van der Waals surface area contributed by atoms with Crippen molar-refractivity contribution in [3.05, 3.63) is 35.6 Å². The van der Waals surface area contributed by atoms with Gasteiger partial charge in [-0.05, 0) is 24.1 Å². The molecular formula is C10H11FO2S. The summed E-state index contributed by atoms with van der Waals surface area (Å²) in [5.41, 5.74) is 0.792. The molecular weight excluding hydrogens is 203 g/mol. The first kappa shape index (κ1) is 9.65. The molecule has 14 heavy (non-hydrogen) atoms. The van der Waals surface area contributed by atoms with E-state index >= 15 is 0 Å². The lowest BCUT2D eigenvalue weighted by atomic mass is 10.1. The van der Waals surface area contributed by atoms with Gasteiger partial charge in [0.2, 0.25) is 0 Å². The minimum atomic E-state index is -2.96. The van der Waals surface area contributed by atoms with E-state index in [2.05, 4.69) is 0 Å². The smallest absolute Gasteiger partial charge is 0.150 e. The minimum Gasteiger partial charge on any atom is -0.229 e. The molecule has 1 aliphatic rings. The van der Waals surface area contributed by atoms with Crippen LogP contribution in [-0.2, 0) is 9.84 Å². The highest BCUT2D eigenvalue weighted by Crippen LogP contribution is 2.45. The van der Waals surface area contributed by atoms with Crippen LogP contribution in [0.1, 0.15) is 17.9 Å². The van der Waals surface area contributed by atoms with Crippen molar-refractivity contribution in [3.8, 4) is 0 Å². The fourth-order valence-electron chi connectivity index (χ4n) is 1.73. The van der Waals surface area contributed by atoms with Gasteiger partial charge in [-0.1, -0.05) is 12.1 Å². The maximum absolute atomic E-state index is 12.8. The van der Waals surface area contributed by atoms with Crippen molar-refractivity contribution in [1.82, 2.24) is 0 Å². The summed E-state index contributed by atoms with van der Waals surface area (Å²) >= 11 is 0. The van der Waals surface area contributed by atoms with Gasteiger partial charge in [-0.15, -0.1) is 0 Å². The highest BCUT2D eigenvalue weighted by Gasteiger charge is 2.45. The third-order valence-corrected chi connectivity index (χ3v) is 4.18. The van der Waals surface area contributed by atoms with Crippen molar-refractivity contribution in [2.75, 3.05) is 6.26 Å². The van der Waals surface area contributed by atoms with Crippen molar-refractivity contribution in [1.29, 1.82) is 0 Å². The molecule has 4 heteroatoms. The largest absolute Gasteiger partial charge is 0.229 e. The Labute approximate surface area is 82.7 Å². The first-order valence-electron chi connectivity index (χ1n) is 4.43. The molecule has 0 bridgehead atoms. The molecule has 1 aromatic rings. The maximum Gasteiger partial charge on any atom is 0.150 e. The van der Waals surface area contributed by atoms with Crippen molar-refractivity contribution in [2.24, 2.45) is 0 Å². The van der Waals surface area contributed by atoms with Gasteiger partial charge in [-0.25, -0.2) is 12.8 Å². The van der Waals surface area contributed by atoms with Crippen molar-refractivity contribution < 1.29 is 12.8 Å². The molecule has 1 aromatic carbocycles. The summed E-state index contributed by atoms with van der Waals surface area (Å²) < 4.78 is 35.2. The maximum atomic E-state index is 12.8. The molecule has 0 saturated heterocycles. The molecule has 0 heterocycles. The number of halogens is 1. The Morgan fingerprint density at radius 3 is 2.64 bits per heavy atom. The van der Waals surface area contributed by atoms with Crippen LogP contribution in [0.3, 0.4) is 0 Å². The van der Waals surface area contributed by atoms with E-state index < -0.39 is 9.84 Å². The molecule has 76 valence electrons. The standard InChI is InChI=1S/C10H11FO2S/c1-14(12,13)10-6-9(10)7-3-2-4-8(11)5-7/h2-5,9-10H,6H2,1H3. The van der Waals surface area contributed by atoms with Crippen LogP contribution in [-0.4, -0.2) is 19.9 Å². The minimum absolute atomic E-state index is 0.000648. The number of benzene rings is 1. The molecule has 0 aliphatic heterocycles. The van der Waals surface area contributed by atoms with Crippen LogP contribution < -0.4 is 0 Å². The lowest BCUT2D eigenvalue weighted by molar-refractivity contribution is 0.599. The first-order valence-corrected chi connectivity index (χ1v) is 6.38. The number of sulfone groups is 1. The molecule has 2 unspecified atom stereocenters. The van der Waals surface area contributed by atoms with Crippen LogP contribution in [0.4, 0.5) is 4.39 Å². The summed E-state index contributed by atoms with van der Waals surface area (Å²) in [7, 11) is -2.96. The summed E-state index contributed by atoms with van der Waals surface area (Å²) in [6.45, 7) is 0. The summed E-state index contributed by atoms with van der Waals surface area (Å²) in [5, 5.41) is -0.302. The molecule has 2 atom stereocenters. The zero-order valence-electron chi connectivity index (χ0n) is 7.77. The topological polar surface area (TPSA) is 34.1 Å². The Bertz CT molecular complexity index is 453. The Hall–Kier alpha value is -0.900. The Balaban J connectivity index is 2.22. The monoisotopic (exact) mass is 214 g/mol. The Morgan fingerprint density at radius 2 is 2.14 bits per heavy atom.